The van der Waals surface area contributed by atoms with Gasteiger partial charge in [0.15, 0.2) is 0 Å². The highest BCUT2D eigenvalue weighted by molar-refractivity contribution is 9.10. The molecule has 0 aliphatic carbocycles. The van der Waals surface area contributed by atoms with Crippen LogP contribution in [0.4, 0.5) is 4.39 Å². The lowest BCUT2D eigenvalue weighted by molar-refractivity contribution is 0.0951. The number of carbonyl (C=O) groups excluding carboxylic acids is 1. The van der Waals surface area contributed by atoms with Crippen molar-refractivity contribution in [1.29, 1.82) is 0 Å². The average molecular weight is 344 g/mol. The Balaban J connectivity index is 2.33. The number of aromatic nitrogens is 1. The first-order chi connectivity index (χ1) is 9.13. The van der Waals surface area contributed by atoms with Crippen molar-refractivity contribution in [3.8, 4) is 10.4 Å². The topological polar surface area (TPSA) is 68.0 Å². The van der Waals surface area contributed by atoms with E-state index >= 15 is 0 Å². The van der Waals surface area contributed by atoms with Gasteiger partial charge in [0.25, 0.3) is 5.91 Å². The normalized spacial score (nSPS) is 10.5. The van der Waals surface area contributed by atoms with Gasteiger partial charge in [0.1, 0.15) is 11.5 Å². The van der Waals surface area contributed by atoms with Gasteiger partial charge in [-0.2, -0.15) is 0 Å². The molecule has 0 atom stereocenters. The lowest BCUT2D eigenvalue weighted by atomic mass is 10.1. The monoisotopic (exact) mass is 343 g/mol. The van der Waals surface area contributed by atoms with E-state index in [0.717, 1.165) is 0 Å². The van der Waals surface area contributed by atoms with Crippen LogP contribution < -0.4 is 11.1 Å². The van der Waals surface area contributed by atoms with Gasteiger partial charge in [-0.3, -0.25) is 4.79 Å². The van der Waals surface area contributed by atoms with Gasteiger partial charge in [-0.15, -0.1) is 11.3 Å². The summed E-state index contributed by atoms with van der Waals surface area (Å²) >= 11 is 4.39. The highest BCUT2D eigenvalue weighted by Crippen LogP contribution is 2.30. The standard InChI is InChI=1S/C12H11BrFN3OS/c13-8-2-1-7(5-9(8)14)11-10(17-6-19-11)12(18)16-4-3-15/h1-2,5-6H,3-4,15H2,(H,16,18). The molecule has 0 unspecified atom stereocenters. The molecule has 0 fully saturated rings. The molecule has 0 spiro atoms. The third-order valence-corrected chi connectivity index (χ3v) is 3.91. The maximum absolute atomic E-state index is 13.5. The van der Waals surface area contributed by atoms with Crippen LogP contribution in [-0.2, 0) is 0 Å². The van der Waals surface area contributed by atoms with Crippen LogP contribution in [0.2, 0.25) is 0 Å². The van der Waals surface area contributed by atoms with E-state index in [1.54, 1.807) is 17.6 Å². The fourth-order valence-corrected chi connectivity index (χ4v) is 2.55. The number of hydrogen-bond donors (Lipinski definition) is 2. The minimum atomic E-state index is -0.376. The molecule has 0 bridgehead atoms. The van der Waals surface area contributed by atoms with Crippen LogP contribution in [0.25, 0.3) is 10.4 Å². The molecule has 0 saturated heterocycles. The number of rotatable bonds is 4. The van der Waals surface area contributed by atoms with Crippen LogP contribution in [0.1, 0.15) is 10.5 Å². The van der Waals surface area contributed by atoms with E-state index in [1.807, 2.05) is 0 Å². The Morgan fingerprint density at radius 1 is 1.53 bits per heavy atom. The molecule has 0 aliphatic heterocycles. The summed E-state index contributed by atoms with van der Waals surface area (Å²) in [4.78, 5) is 16.6. The van der Waals surface area contributed by atoms with Gasteiger partial charge in [-0.25, -0.2) is 9.37 Å². The summed E-state index contributed by atoms with van der Waals surface area (Å²) < 4.78 is 13.9. The minimum absolute atomic E-state index is 0.292. The Morgan fingerprint density at radius 3 is 3.00 bits per heavy atom. The van der Waals surface area contributed by atoms with Crippen LogP contribution in [0.5, 0.6) is 0 Å². The Labute approximate surface area is 122 Å². The quantitative estimate of drug-likeness (QED) is 0.895. The van der Waals surface area contributed by atoms with Crippen molar-refractivity contribution in [1.82, 2.24) is 10.3 Å². The Bertz CT molecular complexity index is 602. The van der Waals surface area contributed by atoms with Crippen molar-refractivity contribution in [2.75, 3.05) is 13.1 Å². The van der Waals surface area contributed by atoms with E-state index < -0.39 is 0 Å². The largest absolute Gasteiger partial charge is 0.349 e. The lowest BCUT2D eigenvalue weighted by Crippen LogP contribution is -2.29. The molecule has 0 radical (unpaired) electrons. The van der Waals surface area contributed by atoms with Gasteiger partial charge in [-0.1, -0.05) is 6.07 Å². The molecular weight excluding hydrogens is 333 g/mol. The number of nitrogens with one attached hydrogen (secondary N) is 1. The number of amides is 1. The highest BCUT2D eigenvalue weighted by Gasteiger charge is 2.16. The van der Waals surface area contributed by atoms with E-state index in [1.165, 1.54) is 17.4 Å². The van der Waals surface area contributed by atoms with Crippen molar-refractivity contribution >= 4 is 33.2 Å². The van der Waals surface area contributed by atoms with Gasteiger partial charge in [0, 0.05) is 13.1 Å². The van der Waals surface area contributed by atoms with Crippen molar-refractivity contribution in [3.63, 3.8) is 0 Å². The van der Waals surface area contributed by atoms with Gasteiger partial charge in [0.05, 0.1) is 14.9 Å². The van der Waals surface area contributed by atoms with E-state index in [4.69, 9.17) is 5.73 Å². The lowest BCUT2D eigenvalue weighted by Gasteiger charge is -2.04. The molecule has 3 N–H and O–H groups in total. The average Bonchev–Trinajstić information content (AvgIpc) is 2.88. The molecule has 100 valence electrons. The zero-order valence-corrected chi connectivity index (χ0v) is 12.2. The second kappa shape index (κ2) is 6.23. The Kier molecular flexibility index (Phi) is 4.62. The first kappa shape index (κ1) is 14.1. The SMILES string of the molecule is NCCNC(=O)c1ncsc1-c1ccc(Br)c(F)c1. The molecular formula is C12H11BrFN3OS. The Morgan fingerprint density at radius 2 is 2.32 bits per heavy atom. The summed E-state index contributed by atoms with van der Waals surface area (Å²) in [6.45, 7) is 0.739. The number of halogens is 2. The molecule has 1 aromatic carbocycles. The fourth-order valence-electron chi connectivity index (χ4n) is 1.52. The summed E-state index contributed by atoms with van der Waals surface area (Å²) in [6.07, 6.45) is 0. The van der Waals surface area contributed by atoms with Crippen LogP contribution in [-0.4, -0.2) is 24.0 Å². The summed E-state index contributed by atoms with van der Waals surface area (Å²) in [5.74, 6) is -0.677. The van der Waals surface area contributed by atoms with Crippen LogP contribution in [0.3, 0.4) is 0 Å². The van der Waals surface area contributed by atoms with Crippen molar-refractivity contribution in [2.45, 2.75) is 0 Å². The zero-order chi connectivity index (χ0) is 13.8. The molecule has 0 aliphatic rings. The van der Waals surface area contributed by atoms with Gasteiger partial charge in [0.2, 0.25) is 0 Å². The van der Waals surface area contributed by atoms with Gasteiger partial charge < -0.3 is 11.1 Å². The number of carbonyl (C=O) groups is 1. The van der Waals surface area contributed by atoms with Crippen LogP contribution in [0.15, 0.2) is 28.2 Å². The molecule has 7 heteroatoms. The van der Waals surface area contributed by atoms with Crippen molar-refractivity contribution < 1.29 is 9.18 Å². The molecule has 1 amide bonds. The molecule has 19 heavy (non-hydrogen) atoms. The van der Waals surface area contributed by atoms with Gasteiger partial charge in [-0.05, 0) is 33.6 Å². The third kappa shape index (κ3) is 3.17. The fraction of sp³-hybridized carbons (Fsp3) is 0.167. The summed E-state index contributed by atoms with van der Waals surface area (Å²) in [7, 11) is 0. The maximum atomic E-state index is 13.5. The first-order valence-corrected chi connectivity index (χ1v) is 7.18. The molecule has 0 saturated carbocycles. The van der Waals surface area contributed by atoms with E-state index in [0.29, 0.717) is 33.7 Å². The van der Waals surface area contributed by atoms with Crippen LogP contribution in [0, 0.1) is 5.82 Å². The third-order valence-electron chi connectivity index (χ3n) is 2.39. The predicted molar refractivity (Wildman–Crippen MR) is 76.6 cm³/mol. The summed E-state index contributed by atoms with van der Waals surface area (Å²) in [5, 5.41) is 2.65. The molecule has 2 rings (SSSR count). The summed E-state index contributed by atoms with van der Waals surface area (Å²) in [6, 6.07) is 4.71. The first-order valence-electron chi connectivity index (χ1n) is 5.50. The van der Waals surface area contributed by atoms with E-state index in [-0.39, 0.29) is 11.7 Å². The predicted octanol–water partition coefficient (Wildman–Crippen LogP) is 2.40. The maximum Gasteiger partial charge on any atom is 0.271 e. The number of thiazole rings is 1. The molecule has 1 heterocycles. The van der Waals surface area contributed by atoms with Crippen molar-refractivity contribution in [3.05, 3.63) is 39.7 Å². The van der Waals surface area contributed by atoms with Gasteiger partial charge >= 0.3 is 0 Å². The number of benzene rings is 1. The molecule has 2 aromatic rings. The van der Waals surface area contributed by atoms with Crippen LogP contribution >= 0.6 is 27.3 Å². The number of hydrogen-bond acceptors (Lipinski definition) is 4. The van der Waals surface area contributed by atoms with E-state index in [2.05, 4.69) is 26.2 Å². The molecule has 1 aromatic heterocycles. The smallest absolute Gasteiger partial charge is 0.271 e. The number of nitrogens with two attached hydrogens (primary N) is 1. The molecule has 4 nitrogen and oxygen atoms in total. The second-order valence-electron chi connectivity index (χ2n) is 3.70. The van der Waals surface area contributed by atoms with E-state index in [9.17, 15) is 9.18 Å². The van der Waals surface area contributed by atoms with Crippen molar-refractivity contribution in [2.24, 2.45) is 5.73 Å². The summed E-state index contributed by atoms with van der Waals surface area (Å²) in [5.41, 5.74) is 7.81. The number of nitrogens with zero attached hydrogens (tertiary/aromatic N) is 1. The highest BCUT2D eigenvalue weighted by atomic mass is 79.9. The minimum Gasteiger partial charge on any atom is -0.349 e. The second-order valence-corrected chi connectivity index (χ2v) is 5.41. The Hall–Kier alpha value is -1.31. The zero-order valence-electron chi connectivity index (χ0n) is 9.82.